The molecular formula is C26H23NO6. The summed E-state index contributed by atoms with van der Waals surface area (Å²) in [4.78, 5) is 18.1. The van der Waals surface area contributed by atoms with Gasteiger partial charge in [-0.15, -0.1) is 0 Å². The number of nitrogens with zero attached hydrogens (tertiary/aromatic N) is 1. The van der Waals surface area contributed by atoms with E-state index in [4.69, 9.17) is 23.4 Å². The SMILES string of the molecule is COc1ccc(C(=O)/C(=C/c2cc(OC)c(OC)cc2OC)c2nc3ccccc3o2)cc1. The Balaban J connectivity index is 1.90. The summed E-state index contributed by atoms with van der Waals surface area (Å²) in [6.07, 6.45) is 1.68. The number of ketones is 1. The van der Waals surface area contributed by atoms with E-state index in [1.165, 1.54) is 0 Å². The number of allylic oxidation sites excluding steroid dienone is 1. The third-order valence-corrected chi connectivity index (χ3v) is 5.16. The number of oxazole rings is 1. The Labute approximate surface area is 191 Å². The number of ether oxygens (including phenoxy) is 4. The van der Waals surface area contributed by atoms with E-state index >= 15 is 0 Å². The first kappa shape index (κ1) is 22.0. The molecule has 0 bridgehead atoms. The summed E-state index contributed by atoms with van der Waals surface area (Å²) >= 11 is 0. The van der Waals surface area contributed by atoms with Crippen molar-refractivity contribution in [2.45, 2.75) is 0 Å². The van der Waals surface area contributed by atoms with Crippen LogP contribution < -0.4 is 18.9 Å². The maximum absolute atomic E-state index is 13.6. The molecule has 168 valence electrons. The van der Waals surface area contributed by atoms with Gasteiger partial charge in [-0.3, -0.25) is 4.79 Å². The fraction of sp³-hybridized carbons (Fsp3) is 0.154. The van der Waals surface area contributed by atoms with Crippen LogP contribution in [0.15, 0.2) is 65.1 Å². The van der Waals surface area contributed by atoms with E-state index in [1.807, 2.05) is 18.2 Å². The quantitative estimate of drug-likeness (QED) is 0.269. The predicted octanol–water partition coefficient (Wildman–Crippen LogP) is 5.29. The molecule has 0 radical (unpaired) electrons. The zero-order valence-corrected chi connectivity index (χ0v) is 18.7. The molecule has 0 fully saturated rings. The lowest BCUT2D eigenvalue weighted by Crippen LogP contribution is -2.04. The van der Waals surface area contributed by atoms with Crippen LogP contribution in [-0.2, 0) is 0 Å². The Morgan fingerprint density at radius 1 is 0.818 bits per heavy atom. The van der Waals surface area contributed by atoms with Crippen molar-refractivity contribution in [3.8, 4) is 23.0 Å². The number of aromatic nitrogens is 1. The second kappa shape index (κ2) is 9.48. The van der Waals surface area contributed by atoms with Gasteiger partial charge in [0.05, 0.1) is 34.0 Å². The number of rotatable bonds is 8. The Hall–Kier alpha value is -4.26. The fourth-order valence-electron chi connectivity index (χ4n) is 3.43. The van der Waals surface area contributed by atoms with E-state index < -0.39 is 0 Å². The first-order valence-corrected chi connectivity index (χ1v) is 10.1. The van der Waals surface area contributed by atoms with Crippen LogP contribution in [0.2, 0.25) is 0 Å². The van der Waals surface area contributed by atoms with Crippen LogP contribution in [0.25, 0.3) is 22.7 Å². The second-order valence-corrected chi connectivity index (χ2v) is 7.05. The number of Topliss-reactive ketones (excluding diaryl/α,β-unsaturated/α-hetero) is 1. The Morgan fingerprint density at radius 2 is 1.48 bits per heavy atom. The van der Waals surface area contributed by atoms with Gasteiger partial charge in [0, 0.05) is 17.2 Å². The van der Waals surface area contributed by atoms with Crippen molar-refractivity contribution in [2.24, 2.45) is 0 Å². The van der Waals surface area contributed by atoms with Crippen molar-refractivity contribution in [1.82, 2.24) is 4.98 Å². The van der Waals surface area contributed by atoms with E-state index in [2.05, 4.69) is 4.98 Å². The number of para-hydroxylation sites is 2. The van der Waals surface area contributed by atoms with Crippen LogP contribution in [-0.4, -0.2) is 39.2 Å². The molecule has 33 heavy (non-hydrogen) atoms. The van der Waals surface area contributed by atoms with Gasteiger partial charge < -0.3 is 23.4 Å². The van der Waals surface area contributed by atoms with Crippen LogP contribution in [0.5, 0.6) is 23.0 Å². The third-order valence-electron chi connectivity index (χ3n) is 5.16. The monoisotopic (exact) mass is 445 g/mol. The minimum Gasteiger partial charge on any atom is -0.497 e. The Morgan fingerprint density at radius 3 is 2.12 bits per heavy atom. The molecule has 0 atom stereocenters. The summed E-state index contributed by atoms with van der Waals surface area (Å²) in [6, 6.07) is 17.6. The summed E-state index contributed by atoms with van der Waals surface area (Å²) in [6.45, 7) is 0. The Bertz CT molecular complexity index is 1290. The van der Waals surface area contributed by atoms with Crippen LogP contribution in [0, 0.1) is 0 Å². The van der Waals surface area contributed by atoms with Crippen molar-refractivity contribution in [3.05, 3.63) is 77.7 Å². The van der Waals surface area contributed by atoms with Gasteiger partial charge in [-0.25, -0.2) is 4.98 Å². The smallest absolute Gasteiger partial charge is 0.231 e. The molecule has 0 aliphatic heterocycles. The minimum absolute atomic E-state index is 0.203. The second-order valence-electron chi connectivity index (χ2n) is 7.05. The molecule has 0 unspecified atom stereocenters. The fourth-order valence-corrected chi connectivity index (χ4v) is 3.43. The van der Waals surface area contributed by atoms with Gasteiger partial charge in [0.1, 0.15) is 17.0 Å². The van der Waals surface area contributed by atoms with Crippen LogP contribution in [0.3, 0.4) is 0 Å². The van der Waals surface area contributed by atoms with Gasteiger partial charge >= 0.3 is 0 Å². The molecule has 1 heterocycles. The molecule has 4 aromatic rings. The zero-order valence-electron chi connectivity index (χ0n) is 18.7. The number of carbonyl (C=O) groups is 1. The summed E-state index contributed by atoms with van der Waals surface area (Å²) in [5.41, 5.74) is 2.57. The summed E-state index contributed by atoms with van der Waals surface area (Å²) < 4.78 is 27.5. The van der Waals surface area contributed by atoms with Crippen molar-refractivity contribution < 1.29 is 28.2 Å². The minimum atomic E-state index is -0.263. The molecule has 7 heteroatoms. The lowest BCUT2D eigenvalue weighted by molar-refractivity contribution is 0.105. The molecule has 7 nitrogen and oxygen atoms in total. The molecule has 0 amide bonds. The van der Waals surface area contributed by atoms with E-state index in [0.29, 0.717) is 45.2 Å². The predicted molar refractivity (Wildman–Crippen MR) is 125 cm³/mol. The standard InChI is InChI=1S/C26H23NO6/c1-29-18-11-9-16(10-12-18)25(28)19(26-27-20-7-5-6-8-21(20)33-26)13-17-14-23(31-3)24(32-4)15-22(17)30-2/h5-15H,1-4H3/b19-13-. The first-order valence-electron chi connectivity index (χ1n) is 10.1. The average Bonchev–Trinajstić information content (AvgIpc) is 3.30. The van der Waals surface area contributed by atoms with Crippen LogP contribution in [0.4, 0.5) is 0 Å². The molecule has 0 aliphatic carbocycles. The van der Waals surface area contributed by atoms with E-state index in [1.54, 1.807) is 77.0 Å². The van der Waals surface area contributed by atoms with Crippen molar-refractivity contribution in [3.63, 3.8) is 0 Å². The van der Waals surface area contributed by atoms with E-state index in [0.717, 1.165) is 0 Å². The summed E-state index contributed by atoms with van der Waals surface area (Å²) in [7, 11) is 6.21. The topological polar surface area (TPSA) is 80.0 Å². The number of hydrogen-bond donors (Lipinski definition) is 0. The Kier molecular flexibility index (Phi) is 6.31. The number of benzene rings is 3. The van der Waals surface area contributed by atoms with Crippen molar-refractivity contribution >= 4 is 28.5 Å². The van der Waals surface area contributed by atoms with Gasteiger partial charge in [0.2, 0.25) is 5.89 Å². The highest BCUT2D eigenvalue weighted by molar-refractivity contribution is 6.31. The molecule has 0 spiro atoms. The van der Waals surface area contributed by atoms with Crippen molar-refractivity contribution in [1.29, 1.82) is 0 Å². The lowest BCUT2D eigenvalue weighted by Gasteiger charge is -2.13. The molecule has 0 N–H and O–H groups in total. The number of carbonyl (C=O) groups excluding carboxylic acids is 1. The third kappa shape index (κ3) is 4.39. The van der Waals surface area contributed by atoms with Gasteiger partial charge in [0.25, 0.3) is 0 Å². The molecule has 1 aromatic heterocycles. The first-order chi connectivity index (χ1) is 16.1. The highest BCUT2D eigenvalue weighted by Crippen LogP contribution is 2.37. The highest BCUT2D eigenvalue weighted by atomic mass is 16.5. The number of fused-ring (bicyclic) bond motifs is 1. The maximum atomic E-state index is 13.6. The largest absolute Gasteiger partial charge is 0.497 e. The van der Waals surface area contributed by atoms with E-state index in [-0.39, 0.29) is 17.2 Å². The molecular weight excluding hydrogens is 422 g/mol. The normalized spacial score (nSPS) is 11.3. The summed E-state index contributed by atoms with van der Waals surface area (Å²) in [5.74, 6) is 2.11. The zero-order chi connectivity index (χ0) is 23.4. The molecule has 0 saturated heterocycles. The van der Waals surface area contributed by atoms with Crippen molar-refractivity contribution in [2.75, 3.05) is 28.4 Å². The maximum Gasteiger partial charge on any atom is 0.231 e. The van der Waals surface area contributed by atoms with Crippen LogP contribution in [0.1, 0.15) is 21.8 Å². The molecule has 3 aromatic carbocycles. The average molecular weight is 445 g/mol. The molecule has 0 saturated carbocycles. The van der Waals surface area contributed by atoms with E-state index in [9.17, 15) is 4.79 Å². The highest BCUT2D eigenvalue weighted by Gasteiger charge is 2.22. The van der Waals surface area contributed by atoms with Gasteiger partial charge in [-0.05, 0) is 48.5 Å². The van der Waals surface area contributed by atoms with Crippen LogP contribution >= 0.6 is 0 Å². The lowest BCUT2D eigenvalue weighted by atomic mass is 10.00. The van der Waals surface area contributed by atoms with Gasteiger partial charge in [-0.2, -0.15) is 0 Å². The molecule has 4 rings (SSSR count). The number of hydrogen-bond acceptors (Lipinski definition) is 7. The molecule has 0 aliphatic rings. The van der Waals surface area contributed by atoms with Gasteiger partial charge in [-0.1, -0.05) is 12.1 Å². The van der Waals surface area contributed by atoms with Gasteiger partial charge in [0.15, 0.2) is 22.9 Å². The number of methoxy groups -OCH3 is 4. The summed E-state index contributed by atoms with van der Waals surface area (Å²) in [5, 5.41) is 0.